The fraction of sp³-hybridized carbons (Fsp3) is 0.227. The largest absolute Gasteiger partial charge is 0.489 e. The van der Waals surface area contributed by atoms with Gasteiger partial charge in [-0.3, -0.25) is 14.5 Å². The molecule has 1 amide bonds. The van der Waals surface area contributed by atoms with E-state index in [1.807, 2.05) is 61.5 Å². The molecular weight excluding hydrogens is 406 g/mol. The fourth-order valence-corrected chi connectivity index (χ4v) is 3.83. The van der Waals surface area contributed by atoms with Crippen molar-refractivity contribution >= 4 is 46.3 Å². The highest BCUT2D eigenvalue weighted by atomic mass is 32.2. The molecule has 29 heavy (non-hydrogen) atoms. The summed E-state index contributed by atoms with van der Waals surface area (Å²) in [5.74, 6) is 0.0133. The number of carbonyl (C=O) groups excluding carboxylic acids is 2. The Balaban J connectivity index is 1.60. The zero-order valence-corrected chi connectivity index (χ0v) is 17.6. The standard InChI is InChI=1S/C22H21NO4S2/c1-2-12-26-20(24)14-23-21(25)19(29-22(23)28)13-16-8-10-18(11-9-16)27-15-17-6-4-3-5-7-17/h3-11,13H,2,12,14-15H2,1H3/b19-13-. The van der Waals surface area contributed by atoms with Gasteiger partial charge in [-0.15, -0.1) is 0 Å². The first kappa shape index (κ1) is 21.1. The summed E-state index contributed by atoms with van der Waals surface area (Å²) in [6.07, 6.45) is 2.49. The van der Waals surface area contributed by atoms with Crippen molar-refractivity contribution in [3.8, 4) is 5.75 Å². The van der Waals surface area contributed by atoms with Crippen LogP contribution in [0.4, 0.5) is 0 Å². The van der Waals surface area contributed by atoms with Crippen LogP contribution in [0.3, 0.4) is 0 Å². The molecule has 0 aliphatic carbocycles. The third-order valence-electron chi connectivity index (χ3n) is 4.05. The molecular formula is C22H21NO4S2. The van der Waals surface area contributed by atoms with Gasteiger partial charge in [0.2, 0.25) is 0 Å². The van der Waals surface area contributed by atoms with Crippen LogP contribution in [0.5, 0.6) is 5.75 Å². The smallest absolute Gasteiger partial charge is 0.326 e. The molecule has 0 bridgehead atoms. The van der Waals surface area contributed by atoms with Gasteiger partial charge in [0.15, 0.2) is 0 Å². The first-order valence-corrected chi connectivity index (χ1v) is 10.5. The molecule has 2 aromatic carbocycles. The van der Waals surface area contributed by atoms with Crippen molar-refractivity contribution < 1.29 is 19.1 Å². The molecule has 0 spiro atoms. The van der Waals surface area contributed by atoms with Gasteiger partial charge in [-0.05, 0) is 35.8 Å². The number of rotatable bonds is 8. The third-order valence-corrected chi connectivity index (χ3v) is 5.43. The van der Waals surface area contributed by atoms with Crippen LogP contribution < -0.4 is 4.74 Å². The molecule has 2 aromatic rings. The molecule has 0 unspecified atom stereocenters. The molecule has 1 heterocycles. The van der Waals surface area contributed by atoms with Crippen LogP contribution in [0, 0.1) is 0 Å². The number of carbonyl (C=O) groups is 2. The molecule has 0 atom stereocenters. The van der Waals surface area contributed by atoms with Crippen molar-refractivity contribution in [2.75, 3.05) is 13.2 Å². The van der Waals surface area contributed by atoms with Gasteiger partial charge in [-0.1, -0.05) is 73.4 Å². The zero-order valence-electron chi connectivity index (χ0n) is 16.0. The first-order chi connectivity index (χ1) is 14.1. The second-order valence-corrected chi connectivity index (χ2v) is 8.01. The van der Waals surface area contributed by atoms with E-state index in [1.54, 1.807) is 6.08 Å². The van der Waals surface area contributed by atoms with Crippen LogP contribution in [0.1, 0.15) is 24.5 Å². The Kier molecular flexibility index (Phi) is 7.43. The second-order valence-electron chi connectivity index (χ2n) is 6.33. The minimum atomic E-state index is -0.454. The number of ether oxygens (including phenoxy) is 2. The first-order valence-electron chi connectivity index (χ1n) is 9.24. The average Bonchev–Trinajstić information content (AvgIpc) is 3.00. The average molecular weight is 428 g/mol. The van der Waals surface area contributed by atoms with Crippen molar-refractivity contribution in [2.45, 2.75) is 20.0 Å². The highest BCUT2D eigenvalue weighted by Gasteiger charge is 2.33. The molecule has 0 radical (unpaired) electrons. The van der Waals surface area contributed by atoms with E-state index in [1.165, 1.54) is 16.7 Å². The van der Waals surface area contributed by atoms with Crippen LogP contribution in [-0.4, -0.2) is 34.2 Å². The Bertz CT molecular complexity index is 910. The molecule has 1 fully saturated rings. The molecule has 150 valence electrons. The highest BCUT2D eigenvalue weighted by molar-refractivity contribution is 8.26. The van der Waals surface area contributed by atoms with Gasteiger partial charge in [0, 0.05) is 0 Å². The topological polar surface area (TPSA) is 55.8 Å². The Morgan fingerprint density at radius 2 is 1.86 bits per heavy atom. The van der Waals surface area contributed by atoms with Crippen molar-refractivity contribution in [1.29, 1.82) is 0 Å². The lowest BCUT2D eigenvalue weighted by molar-refractivity contribution is -0.146. The quantitative estimate of drug-likeness (QED) is 0.353. The number of hydrogen-bond acceptors (Lipinski definition) is 6. The summed E-state index contributed by atoms with van der Waals surface area (Å²) in [6, 6.07) is 17.4. The van der Waals surface area contributed by atoms with Gasteiger partial charge in [-0.2, -0.15) is 0 Å². The number of nitrogens with zero attached hydrogens (tertiary/aromatic N) is 1. The van der Waals surface area contributed by atoms with E-state index in [0.717, 1.165) is 23.3 Å². The predicted octanol–water partition coefficient (Wildman–Crippen LogP) is 4.42. The van der Waals surface area contributed by atoms with Crippen LogP contribution in [0.25, 0.3) is 6.08 Å². The van der Waals surface area contributed by atoms with E-state index in [0.29, 0.717) is 22.4 Å². The molecule has 7 heteroatoms. The Labute approximate surface area is 179 Å². The summed E-state index contributed by atoms with van der Waals surface area (Å²) in [4.78, 5) is 26.1. The summed E-state index contributed by atoms with van der Waals surface area (Å²) in [6.45, 7) is 2.58. The van der Waals surface area contributed by atoms with Crippen LogP contribution in [0.2, 0.25) is 0 Å². The number of amides is 1. The lowest BCUT2D eigenvalue weighted by Gasteiger charge is -2.13. The van der Waals surface area contributed by atoms with E-state index >= 15 is 0 Å². The van der Waals surface area contributed by atoms with Gasteiger partial charge in [0.05, 0.1) is 11.5 Å². The normalized spacial score (nSPS) is 15.1. The highest BCUT2D eigenvalue weighted by Crippen LogP contribution is 2.32. The summed E-state index contributed by atoms with van der Waals surface area (Å²) in [5, 5.41) is 0. The number of benzene rings is 2. The van der Waals surface area contributed by atoms with E-state index < -0.39 is 5.97 Å². The van der Waals surface area contributed by atoms with Crippen molar-refractivity contribution in [1.82, 2.24) is 4.90 Å². The summed E-state index contributed by atoms with van der Waals surface area (Å²) in [5.41, 5.74) is 1.95. The lowest BCUT2D eigenvalue weighted by Crippen LogP contribution is -2.34. The van der Waals surface area contributed by atoms with Gasteiger partial charge in [0.1, 0.15) is 23.2 Å². The number of thiocarbonyl (C=S) groups is 1. The fourth-order valence-electron chi connectivity index (χ4n) is 2.58. The number of hydrogen-bond donors (Lipinski definition) is 0. The minimum absolute atomic E-state index is 0.158. The van der Waals surface area contributed by atoms with Crippen LogP contribution in [0.15, 0.2) is 59.5 Å². The van der Waals surface area contributed by atoms with Gasteiger partial charge in [-0.25, -0.2) is 0 Å². The maximum atomic E-state index is 12.6. The third kappa shape index (κ3) is 5.92. The lowest BCUT2D eigenvalue weighted by atomic mass is 10.2. The summed E-state index contributed by atoms with van der Waals surface area (Å²) in [7, 11) is 0. The molecule has 0 aromatic heterocycles. The zero-order chi connectivity index (χ0) is 20.6. The molecule has 3 rings (SSSR count). The maximum absolute atomic E-state index is 12.6. The van der Waals surface area contributed by atoms with Gasteiger partial charge in [0.25, 0.3) is 5.91 Å². The van der Waals surface area contributed by atoms with Gasteiger partial charge >= 0.3 is 5.97 Å². The molecule has 1 saturated heterocycles. The Hall–Kier alpha value is -2.64. The molecule has 1 aliphatic rings. The van der Waals surface area contributed by atoms with Crippen molar-refractivity contribution in [3.63, 3.8) is 0 Å². The number of esters is 1. The summed E-state index contributed by atoms with van der Waals surface area (Å²) >= 11 is 6.43. The summed E-state index contributed by atoms with van der Waals surface area (Å²) < 4.78 is 11.2. The van der Waals surface area contributed by atoms with E-state index in [9.17, 15) is 9.59 Å². The van der Waals surface area contributed by atoms with Crippen molar-refractivity contribution in [3.05, 3.63) is 70.6 Å². The predicted molar refractivity (Wildman–Crippen MR) is 118 cm³/mol. The van der Waals surface area contributed by atoms with Crippen LogP contribution in [-0.2, 0) is 20.9 Å². The second kappa shape index (κ2) is 10.2. The maximum Gasteiger partial charge on any atom is 0.326 e. The molecule has 0 saturated carbocycles. The van der Waals surface area contributed by atoms with E-state index in [2.05, 4.69) is 0 Å². The van der Waals surface area contributed by atoms with E-state index in [-0.39, 0.29) is 12.5 Å². The molecule has 1 aliphatic heterocycles. The monoisotopic (exact) mass is 427 g/mol. The number of thioether (sulfide) groups is 1. The Morgan fingerprint density at radius 3 is 2.55 bits per heavy atom. The van der Waals surface area contributed by atoms with Crippen LogP contribution >= 0.6 is 24.0 Å². The van der Waals surface area contributed by atoms with E-state index in [4.69, 9.17) is 21.7 Å². The van der Waals surface area contributed by atoms with Gasteiger partial charge < -0.3 is 9.47 Å². The molecule has 0 N–H and O–H groups in total. The Morgan fingerprint density at radius 1 is 1.14 bits per heavy atom. The molecule has 5 nitrogen and oxygen atoms in total. The SMILES string of the molecule is CCCOC(=O)CN1C(=O)/C(=C/c2ccc(OCc3ccccc3)cc2)SC1=S. The minimum Gasteiger partial charge on any atom is -0.489 e. The van der Waals surface area contributed by atoms with Crippen molar-refractivity contribution in [2.24, 2.45) is 0 Å².